The first-order chi connectivity index (χ1) is 45.8. The van der Waals surface area contributed by atoms with Crippen LogP contribution in [0.4, 0.5) is 0 Å². The first-order valence-electron chi connectivity index (χ1n) is 31.9. The maximum atomic E-state index is 5.73. The van der Waals surface area contributed by atoms with Gasteiger partial charge in [0, 0.05) is 97.0 Å². The van der Waals surface area contributed by atoms with E-state index in [1.54, 1.807) is 0 Å². The largest absolute Gasteiger partial charge is 1.00 e. The molecule has 0 aliphatic carbocycles. The Hall–Kier alpha value is -8.28. The molecule has 528 valence electrons. The van der Waals surface area contributed by atoms with Crippen LogP contribution in [0.1, 0.15) is 44.5 Å². The lowest BCUT2D eigenvalue weighted by Gasteiger charge is -2.37. The van der Waals surface area contributed by atoms with Gasteiger partial charge in [-0.05, 0) is 115 Å². The van der Waals surface area contributed by atoms with E-state index in [-0.39, 0.29) is 99.3 Å². The van der Waals surface area contributed by atoms with Gasteiger partial charge in [-0.1, -0.05) is 146 Å². The Kier molecular flexibility index (Phi) is 35.6. The Bertz CT molecular complexity index is 3740. The molecule has 0 radical (unpaired) electrons. The molecule has 0 saturated carbocycles. The van der Waals surface area contributed by atoms with E-state index < -0.39 is 5.41 Å². The summed E-state index contributed by atoms with van der Waals surface area (Å²) in [4.78, 5) is 0. The van der Waals surface area contributed by atoms with Crippen molar-refractivity contribution in [1.29, 1.82) is 0 Å². The molecule has 0 saturated heterocycles. The number of ether oxygens (including phenoxy) is 4. The first kappa shape index (κ1) is 85.1. The lowest BCUT2D eigenvalue weighted by atomic mass is 9.65. The van der Waals surface area contributed by atoms with Gasteiger partial charge >= 0.3 is 0 Å². The second-order valence-electron chi connectivity index (χ2n) is 23.2. The number of halogens is 8. The molecule has 0 unspecified atom stereocenters. The number of hydrogen-bond donors (Lipinski definition) is 4. The van der Waals surface area contributed by atoms with E-state index in [4.69, 9.17) is 41.9 Å². The number of aromatic nitrogens is 4. The van der Waals surface area contributed by atoms with Gasteiger partial charge in [0.25, 0.3) is 0 Å². The molecule has 4 heterocycles. The zero-order chi connectivity index (χ0) is 63.6. The van der Waals surface area contributed by atoms with Gasteiger partial charge in [0.05, 0.1) is 5.41 Å². The molecule has 0 bridgehead atoms. The van der Waals surface area contributed by atoms with E-state index in [1.807, 2.05) is 48.5 Å². The number of nitrogens with two attached hydrogens (primary N) is 4. The van der Waals surface area contributed by atoms with Gasteiger partial charge in [-0.3, -0.25) is 0 Å². The minimum absolute atomic E-state index is 0. The minimum atomic E-state index is -0.729. The second kappa shape index (κ2) is 42.2. The van der Waals surface area contributed by atoms with Crippen molar-refractivity contribution in [2.45, 2.75) is 31.6 Å². The molecule has 8 N–H and O–H groups in total. The highest BCUT2D eigenvalue weighted by Gasteiger charge is 2.39. The van der Waals surface area contributed by atoms with Crippen molar-refractivity contribution in [3.05, 3.63) is 337 Å². The summed E-state index contributed by atoms with van der Waals surface area (Å²) in [6, 6.07) is 87.1. The smallest absolute Gasteiger partial charge is 0.173 e. The fraction of sp³-hybridized carbons (Fsp3) is 0.160. The Balaban J connectivity index is 0.00000270. The molecule has 101 heavy (non-hydrogen) atoms. The van der Waals surface area contributed by atoms with E-state index in [9.17, 15) is 0 Å². The molecule has 0 fully saturated rings. The third-order valence-electron chi connectivity index (χ3n) is 16.9. The van der Waals surface area contributed by atoms with Gasteiger partial charge in [0.2, 0.25) is 0 Å². The van der Waals surface area contributed by atoms with Crippen LogP contribution in [0.3, 0.4) is 0 Å². The fourth-order valence-electron chi connectivity index (χ4n) is 12.0. The molecular weight excluding hydrogens is 1430 g/mol. The SMILES string of the molecule is Cl.Cl.Cl.Cl.NCCOc1ccc(-c2cc[n+](Cc3ccc(C(c4ccc(C[n+]5ccc(-c6ccc(OCCN)cc6)cc5)cc4)(c4ccc(C[n+]5ccc(-c6ccc(OCCN)cc6)cc5)cc4)c4ccc(C[n+]5ccc(-c6ccc(OCCN)cc6)cc5)cc4)cc3)cc2)cc1.[Cl-].[Cl-].[Cl-].[Cl-]. The zero-order valence-corrected chi connectivity index (χ0v) is 61.9. The summed E-state index contributed by atoms with van der Waals surface area (Å²) < 4.78 is 31.9. The highest BCUT2D eigenvalue weighted by Crippen LogP contribution is 2.46. The van der Waals surface area contributed by atoms with Gasteiger partial charge in [-0.25, -0.2) is 18.3 Å². The zero-order valence-electron chi connectivity index (χ0n) is 55.6. The molecule has 8 aromatic carbocycles. The summed E-state index contributed by atoms with van der Waals surface area (Å²) in [5.74, 6) is 3.26. The van der Waals surface area contributed by atoms with Crippen molar-refractivity contribution < 1.29 is 86.8 Å². The molecule has 12 aromatic rings. The summed E-state index contributed by atoms with van der Waals surface area (Å²) in [6.45, 7) is 6.69. The Morgan fingerprint density at radius 3 is 0.535 bits per heavy atom. The van der Waals surface area contributed by atoms with Crippen LogP contribution in [-0.4, -0.2) is 52.6 Å². The van der Waals surface area contributed by atoms with Crippen molar-refractivity contribution in [3.63, 3.8) is 0 Å². The van der Waals surface area contributed by atoms with E-state index in [2.05, 4.69) is 262 Å². The Labute approximate surface area is 643 Å². The van der Waals surface area contributed by atoms with Crippen molar-refractivity contribution in [2.24, 2.45) is 22.9 Å². The van der Waals surface area contributed by atoms with E-state index in [1.165, 1.54) is 22.3 Å². The van der Waals surface area contributed by atoms with Gasteiger partial charge in [-0.15, -0.1) is 49.6 Å². The summed E-state index contributed by atoms with van der Waals surface area (Å²) in [5, 5.41) is 0. The molecule has 20 heteroatoms. The molecule has 4 aromatic heterocycles. The minimum Gasteiger partial charge on any atom is -1.00 e. The van der Waals surface area contributed by atoms with Crippen LogP contribution in [0.25, 0.3) is 44.5 Å². The van der Waals surface area contributed by atoms with Crippen molar-refractivity contribution in [1.82, 2.24) is 0 Å². The number of rotatable bonds is 28. The van der Waals surface area contributed by atoms with Crippen molar-refractivity contribution >= 4 is 49.6 Å². The standard InChI is InChI=1S/C81H80N8O4.8ClH/c82-41-53-90-77-25-9-65(10-26-77)69-33-45-86(46-34-69)57-61-1-17-73(18-2-61)81(74-19-3-62(4-20-74)58-87-47-35-70(36-48-87)66-11-27-78(28-12-66)91-54-42-83,75-21-5-63(6-22-75)59-88-49-37-71(38-50-88)67-13-29-79(30-14-67)92-55-43-84)76-23-7-64(8-24-76)60-89-51-39-72(40-52-89)68-15-31-80(32-16-68)93-56-44-85;;;;;;;;/h1-40,45-52H,41-44,53-60,82-85H2;8*1H/q+4;;;;;;;;/p-4. The first-order valence-corrected chi connectivity index (χ1v) is 31.9. The Morgan fingerprint density at radius 2 is 0.376 bits per heavy atom. The van der Waals surface area contributed by atoms with Gasteiger partial charge in [-0.2, -0.15) is 0 Å². The van der Waals surface area contributed by atoms with Crippen molar-refractivity contribution in [2.75, 3.05) is 52.6 Å². The number of nitrogens with zero attached hydrogens (tertiary/aromatic N) is 4. The average Bonchev–Trinajstić information content (AvgIpc) is 0.731. The van der Waals surface area contributed by atoms with Gasteiger partial charge < -0.3 is 91.5 Å². The predicted octanol–water partition coefficient (Wildman–Crippen LogP) is 1.13. The number of hydrogen-bond acceptors (Lipinski definition) is 8. The van der Waals surface area contributed by atoms with Gasteiger partial charge in [0.1, 0.15) is 49.4 Å². The molecule has 0 aliphatic rings. The summed E-state index contributed by atoms with van der Waals surface area (Å²) in [7, 11) is 0. The quantitative estimate of drug-likeness (QED) is 0.0421. The second-order valence-corrected chi connectivity index (χ2v) is 23.2. The maximum Gasteiger partial charge on any atom is 0.173 e. The van der Waals surface area contributed by atoms with E-state index in [0.717, 1.165) is 89.8 Å². The third-order valence-corrected chi connectivity index (χ3v) is 16.9. The predicted molar refractivity (Wildman–Crippen MR) is 397 cm³/mol. The maximum absolute atomic E-state index is 5.73. The van der Waals surface area contributed by atoms with Crippen molar-refractivity contribution in [3.8, 4) is 67.5 Å². The normalized spacial score (nSPS) is 10.4. The molecule has 12 nitrogen and oxygen atoms in total. The lowest BCUT2D eigenvalue weighted by Crippen LogP contribution is -3.00. The molecule has 12 rings (SSSR count). The fourth-order valence-corrected chi connectivity index (χ4v) is 12.0. The van der Waals surface area contributed by atoms with E-state index >= 15 is 0 Å². The molecule has 0 atom stereocenters. The van der Waals surface area contributed by atoms with Crippen LogP contribution in [-0.2, 0) is 31.6 Å². The monoisotopic (exact) mass is 1510 g/mol. The summed E-state index contributed by atoms with van der Waals surface area (Å²) in [6.07, 6.45) is 17.2. The molecule has 0 amide bonds. The van der Waals surface area contributed by atoms with Crippen LogP contribution < -0.4 is 110 Å². The van der Waals surface area contributed by atoms with E-state index in [0.29, 0.717) is 78.8 Å². The third kappa shape index (κ3) is 21.9. The average molecular weight is 1520 g/mol. The molecule has 0 aliphatic heterocycles. The number of benzene rings is 8. The van der Waals surface area contributed by atoms with Gasteiger partial charge in [0.15, 0.2) is 75.8 Å². The number of pyridine rings is 4. The summed E-state index contributed by atoms with van der Waals surface area (Å²) in [5.41, 5.74) is 40.4. The van der Waals surface area contributed by atoms with Crippen LogP contribution in [0.15, 0.2) is 292 Å². The topological polar surface area (TPSA) is 157 Å². The Morgan fingerprint density at radius 1 is 0.218 bits per heavy atom. The summed E-state index contributed by atoms with van der Waals surface area (Å²) >= 11 is 0. The van der Waals surface area contributed by atoms with Crippen LogP contribution >= 0.6 is 49.6 Å². The van der Waals surface area contributed by atoms with Crippen LogP contribution in [0.2, 0.25) is 0 Å². The molecular formula is C81H84Cl8N8O4. The molecule has 0 spiro atoms. The highest BCUT2D eigenvalue weighted by atomic mass is 35.5. The van der Waals surface area contributed by atoms with Crippen LogP contribution in [0, 0.1) is 0 Å². The highest BCUT2D eigenvalue weighted by molar-refractivity contribution is 5.86. The van der Waals surface area contributed by atoms with Crippen LogP contribution in [0.5, 0.6) is 23.0 Å². The lowest BCUT2D eigenvalue weighted by molar-refractivity contribution is -0.688.